The summed E-state index contributed by atoms with van der Waals surface area (Å²) >= 11 is 0. The highest BCUT2D eigenvalue weighted by atomic mass is 14.6. The van der Waals surface area contributed by atoms with Crippen molar-refractivity contribution in [1.82, 2.24) is 0 Å². The average molecular weight is 209 g/mol. The zero-order valence-corrected chi connectivity index (χ0v) is 9.14. The van der Waals surface area contributed by atoms with Crippen LogP contribution in [0.15, 0.2) is 67.3 Å². The Hall–Kier alpha value is -1.86. The lowest BCUT2D eigenvalue weighted by atomic mass is 10.0. The summed E-state index contributed by atoms with van der Waals surface area (Å²) in [5, 5.41) is 0. The number of hydrogen-bond donors (Lipinski definition) is 1. The molecule has 2 aromatic carbocycles. The molecule has 0 spiro atoms. The van der Waals surface area contributed by atoms with Crippen molar-refractivity contribution in [2.45, 2.75) is 6.04 Å². The van der Waals surface area contributed by atoms with E-state index in [1.54, 1.807) is 6.08 Å². The minimum atomic E-state index is -0.0789. The van der Waals surface area contributed by atoms with Gasteiger partial charge in [0, 0.05) is 6.04 Å². The molecular weight excluding hydrogens is 194 g/mol. The average Bonchev–Trinajstić information content (AvgIpc) is 2.39. The summed E-state index contributed by atoms with van der Waals surface area (Å²) in [5.41, 5.74) is 9.39. The molecule has 2 aromatic rings. The van der Waals surface area contributed by atoms with Crippen LogP contribution in [-0.4, -0.2) is 0 Å². The van der Waals surface area contributed by atoms with Crippen LogP contribution in [0.2, 0.25) is 0 Å². The Morgan fingerprint density at radius 3 is 2.00 bits per heavy atom. The summed E-state index contributed by atoms with van der Waals surface area (Å²) < 4.78 is 0. The van der Waals surface area contributed by atoms with Gasteiger partial charge in [0.1, 0.15) is 0 Å². The molecule has 1 unspecified atom stereocenters. The van der Waals surface area contributed by atoms with E-state index >= 15 is 0 Å². The Bertz CT molecular complexity index is 457. The maximum Gasteiger partial charge on any atom is 0.0478 e. The van der Waals surface area contributed by atoms with E-state index < -0.39 is 0 Å². The van der Waals surface area contributed by atoms with Crippen LogP contribution in [0.1, 0.15) is 11.6 Å². The zero-order chi connectivity index (χ0) is 11.4. The van der Waals surface area contributed by atoms with Crippen molar-refractivity contribution in [2.24, 2.45) is 5.73 Å². The van der Waals surface area contributed by atoms with Crippen LogP contribution in [-0.2, 0) is 0 Å². The van der Waals surface area contributed by atoms with E-state index in [0.717, 1.165) is 5.56 Å². The fourth-order valence-corrected chi connectivity index (χ4v) is 1.66. The van der Waals surface area contributed by atoms with Crippen molar-refractivity contribution in [3.05, 3.63) is 72.8 Å². The van der Waals surface area contributed by atoms with Crippen LogP contribution in [0, 0.1) is 0 Å². The van der Waals surface area contributed by atoms with Crippen molar-refractivity contribution < 1.29 is 0 Å². The standard InChI is InChI=1S/C15H15N/c1-2-15(16)14-10-8-13(9-11-14)12-6-4-3-5-7-12/h2-11,15H,1,16H2. The maximum absolute atomic E-state index is 5.86. The van der Waals surface area contributed by atoms with Gasteiger partial charge in [0.2, 0.25) is 0 Å². The number of nitrogens with two attached hydrogens (primary N) is 1. The lowest BCUT2D eigenvalue weighted by Crippen LogP contribution is -2.05. The number of rotatable bonds is 3. The molecule has 2 rings (SSSR count). The SMILES string of the molecule is C=CC(N)c1ccc(-c2ccccc2)cc1. The molecule has 0 fully saturated rings. The van der Waals surface area contributed by atoms with Gasteiger partial charge in [-0.15, -0.1) is 6.58 Å². The molecule has 0 amide bonds. The first-order valence-electron chi connectivity index (χ1n) is 5.35. The van der Waals surface area contributed by atoms with E-state index in [1.807, 2.05) is 18.2 Å². The second-order valence-electron chi connectivity index (χ2n) is 3.75. The maximum atomic E-state index is 5.86. The third-order valence-electron chi connectivity index (χ3n) is 2.66. The monoisotopic (exact) mass is 209 g/mol. The molecule has 1 heteroatoms. The minimum Gasteiger partial charge on any atom is -0.321 e. The Kier molecular flexibility index (Phi) is 3.18. The summed E-state index contributed by atoms with van der Waals surface area (Å²) in [7, 11) is 0. The van der Waals surface area contributed by atoms with E-state index in [0.29, 0.717) is 0 Å². The molecule has 0 saturated heterocycles. The molecule has 0 aliphatic carbocycles. The molecule has 0 radical (unpaired) electrons. The van der Waals surface area contributed by atoms with Gasteiger partial charge in [-0.3, -0.25) is 0 Å². The molecule has 2 N–H and O–H groups in total. The first-order chi connectivity index (χ1) is 7.81. The smallest absolute Gasteiger partial charge is 0.0478 e. The normalized spacial score (nSPS) is 12.1. The Balaban J connectivity index is 2.30. The second kappa shape index (κ2) is 4.77. The van der Waals surface area contributed by atoms with Gasteiger partial charge in [-0.25, -0.2) is 0 Å². The van der Waals surface area contributed by atoms with Crippen molar-refractivity contribution in [1.29, 1.82) is 0 Å². The molecule has 80 valence electrons. The van der Waals surface area contributed by atoms with Gasteiger partial charge >= 0.3 is 0 Å². The predicted octanol–water partition coefficient (Wildman–Crippen LogP) is 3.54. The molecule has 1 atom stereocenters. The lowest BCUT2D eigenvalue weighted by Gasteiger charge is -2.07. The molecule has 0 heterocycles. The van der Waals surface area contributed by atoms with Crippen molar-refractivity contribution >= 4 is 0 Å². The molecule has 0 aliphatic heterocycles. The molecule has 1 nitrogen and oxygen atoms in total. The first kappa shape index (κ1) is 10.7. The molecule has 0 saturated carbocycles. The molecule has 16 heavy (non-hydrogen) atoms. The van der Waals surface area contributed by atoms with Gasteiger partial charge in [-0.05, 0) is 16.7 Å². The summed E-state index contributed by atoms with van der Waals surface area (Å²) in [6.07, 6.45) is 1.75. The highest BCUT2D eigenvalue weighted by Gasteiger charge is 2.01. The van der Waals surface area contributed by atoms with Gasteiger partial charge < -0.3 is 5.73 Å². The van der Waals surface area contributed by atoms with Gasteiger partial charge in [0.25, 0.3) is 0 Å². The molecule has 0 aliphatic rings. The lowest BCUT2D eigenvalue weighted by molar-refractivity contribution is 0.915. The molecular formula is C15H15N. The quantitative estimate of drug-likeness (QED) is 0.769. The summed E-state index contributed by atoms with van der Waals surface area (Å²) in [6, 6.07) is 18.5. The van der Waals surface area contributed by atoms with Crippen LogP contribution in [0.4, 0.5) is 0 Å². The van der Waals surface area contributed by atoms with Gasteiger partial charge in [0.15, 0.2) is 0 Å². The molecule has 0 bridgehead atoms. The van der Waals surface area contributed by atoms with E-state index in [2.05, 4.69) is 43.0 Å². The minimum absolute atomic E-state index is 0.0789. The van der Waals surface area contributed by atoms with Gasteiger partial charge in [-0.1, -0.05) is 60.7 Å². The summed E-state index contributed by atoms with van der Waals surface area (Å²) in [6.45, 7) is 3.69. The zero-order valence-electron chi connectivity index (χ0n) is 9.14. The Morgan fingerprint density at radius 2 is 1.44 bits per heavy atom. The number of benzene rings is 2. The number of hydrogen-bond acceptors (Lipinski definition) is 1. The summed E-state index contributed by atoms with van der Waals surface area (Å²) in [5.74, 6) is 0. The first-order valence-corrected chi connectivity index (χ1v) is 5.35. The van der Waals surface area contributed by atoms with Crippen molar-refractivity contribution in [2.75, 3.05) is 0 Å². The fraction of sp³-hybridized carbons (Fsp3) is 0.0667. The van der Waals surface area contributed by atoms with Crippen LogP contribution in [0.3, 0.4) is 0 Å². The molecule has 0 aromatic heterocycles. The van der Waals surface area contributed by atoms with Crippen LogP contribution >= 0.6 is 0 Å². The van der Waals surface area contributed by atoms with E-state index in [1.165, 1.54) is 11.1 Å². The fourth-order valence-electron chi connectivity index (χ4n) is 1.66. The van der Waals surface area contributed by atoms with E-state index in [4.69, 9.17) is 5.73 Å². The van der Waals surface area contributed by atoms with Crippen LogP contribution in [0.5, 0.6) is 0 Å². The van der Waals surface area contributed by atoms with Crippen molar-refractivity contribution in [3.63, 3.8) is 0 Å². The highest BCUT2D eigenvalue weighted by Crippen LogP contribution is 2.21. The Labute approximate surface area is 96.2 Å². The highest BCUT2D eigenvalue weighted by molar-refractivity contribution is 5.63. The van der Waals surface area contributed by atoms with Gasteiger partial charge in [0.05, 0.1) is 0 Å². The van der Waals surface area contributed by atoms with Crippen molar-refractivity contribution in [3.8, 4) is 11.1 Å². The Morgan fingerprint density at radius 1 is 0.875 bits per heavy atom. The van der Waals surface area contributed by atoms with Crippen LogP contribution in [0.25, 0.3) is 11.1 Å². The third-order valence-corrected chi connectivity index (χ3v) is 2.66. The predicted molar refractivity (Wildman–Crippen MR) is 69.0 cm³/mol. The topological polar surface area (TPSA) is 26.0 Å². The van der Waals surface area contributed by atoms with Gasteiger partial charge in [-0.2, -0.15) is 0 Å². The van der Waals surface area contributed by atoms with Crippen LogP contribution < -0.4 is 5.73 Å². The largest absolute Gasteiger partial charge is 0.321 e. The van der Waals surface area contributed by atoms with E-state index in [-0.39, 0.29) is 6.04 Å². The summed E-state index contributed by atoms with van der Waals surface area (Å²) in [4.78, 5) is 0. The van der Waals surface area contributed by atoms with E-state index in [9.17, 15) is 0 Å². The third kappa shape index (κ3) is 2.20. The second-order valence-corrected chi connectivity index (χ2v) is 3.75.